The van der Waals surface area contributed by atoms with Crippen molar-refractivity contribution in [2.75, 3.05) is 0 Å². The fraction of sp³-hybridized carbons (Fsp3) is 0.235. The van der Waals surface area contributed by atoms with Crippen molar-refractivity contribution in [3.63, 3.8) is 0 Å². The molecule has 0 spiro atoms. The van der Waals surface area contributed by atoms with Crippen LogP contribution in [-0.2, 0) is 24.3 Å². The summed E-state index contributed by atoms with van der Waals surface area (Å²) in [6.45, 7) is 1.24. The topological polar surface area (TPSA) is 40.5 Å². The Bertz CT molecular complexity index is 671. The van der Waals surface area contributed by atoms with Crippen molar-refractivity contribution >= 4 is 17.6 Å². The van der Waals surface area contributed by atoms with Gasteiger partial charge in [0.05, 0.1) is 0 Å². The van der Waals surface area contributed by atoms with Crippen LogP contribution in [0, 0.1) is 0 Å². The van der Waals surface area contributed by atoms with E-state index in [1.165, 1.54) is 5.56 Å². The molecule has 108 valence electrons. The molecule has 3 rings (SSSR count). The van der Waals surface area contributed by atoms with E-state index in [-0.39, 0.29) is 0 Å². The third-order valence-corrected chi connectivity index (χ3v) is 4.14. The van der Waals surface area contributed by atoms with E-state index in [2.05, 4.69) is 6.07 Å². The van der Waals surface area contributed by atoms with Gasteiger partial charge in [0.1, 0.15) is 6.04 Å². The Kier molecular flexibility index (Phi) is 3.95. The highest BCUT2D eigenvalue weighted by molar-refractivity contribution is 6.30. The Morgan fingerprint density at radius 3 is 2.67 bits per heavy atom. The Morgan fingerprint density at radius 1 is 1.19 bits per heavy atom. The lowest BCUT2D eigenvalue weighted by Crippen LogP contribution is -2.44. The predicted octanol–water partition coefficient (Wildman–Crippen LogP) is 3.35. The molecule has 0 aliphatic carbocycles. The molecule has 1 N–H and O–H groups in total. The molecule has 0 saturated carbocycles. The van der Waals surface area contributed by atoms with E-state index in [4.69, 9.17) is 11.6 Å². The second-order valence-corrected chi connectivity index (χ2v) is 5.80. The molecule has 21 heavy (non-hydrogen) atoms. The molecule has 0 radical (unpaired) electrons. The fourth-order valence-corrected chi connectivity index (χ4v) is 3.07. The average Bonchev–Trinajstić information content (AvgIpc) is 2.46. The number of carboxylic acids is 1. The summed E-state index contributed by atoms with van der Waals surface area (Å²) in [6, 6.07) is 15.1. The van der Waals surface area contributed by atoms with Crippen molar-refractivity contribution in [1.82, 2.24) is 4.90 Å². The number of carbonyl (C=O) groups is 1. The number of rotatable bonds is 3. The summed E-state index contributed by atoms with van der Waals surface area (Å²) in [5.41, 5.74) is 3.37. The number of hydrogen-bond donors (Lipinski definition) is 1. The van der Waals surface area contributed by atoms with Crippen molar-refractivity contribution < 1.29 is 9.90 Å². The molecule has 2 aromatic carbocycles. The van der Waals surface area contributed by atoms with Crippen molar-refractivity contribution in [2.24, 2.45) is 0 Å². The Labute approximate surface area is 128 Å². The third kappa shape index (κ3) is 3.09. The molecule has 0 unspecified atom stereocenters. The lowest BCUT2D eigenvalue weighted by molar-refractivity contribution is -0.144. The average molecular weight is 302 g/mol. The van der Waals surface area contributed by atoms with Crippen LogP contribution in [0.5, 0.6) is 0 Å². The van der Waals surface area contributed by atoms with Crippen molar-refractivity contribution in [3.05, 3.63) is 70.2 Å². The van der Waals surface area contributed by atoms with Gasteiger partial charge < -0.3 is 5.11 Å². The highest BCUT2D eigenvalue weighted by Crippen LogP contribution is 2.25. The highest BCUT2D eigenvalue weighted by Gasteiger charge is 2.31. The Hall–Kier alpha value is -1.84. The van der Waals surface area contributed by atoms with E-state index >= 15 is 0 Å². The summed E-state index contributed by atoms with van der Waals surface area (Å²) < 4.78 is 0. The minimum atomic E-state index is -0.772. The maximum atomic E-state index is 11.6. The van der Waals surface area contributed by atoms with Gasteiger partial charge in [-0.2, -0.15) is 0 Å². The van der Waals surface area contributed by atoms with Gasteiger partial charge in [0, 0.05) is 18.1 Å². The molecule has 1 heterocycles. The summed E-state index contributed by atoms with van der Waals surface area (Å²) in [4.78, 5) is 13.6. The zero-order valence-electron chi connectivity index (χ0n) is 11.5. The van der Waals surface area contributed by atoms with E-state index < -0.39 is 12.0 Å². The lowest BCUT2D eigenvalue weighted by Gasteiger charge is -2.34. The van der Waals surface area contributed by atoms with Crippen LogP contribution < -0.4 is 0 Å². The van der Waals surface area contributed by atoms with E-state index in [9.17, 15) is 9.90 Å². The number of benzene rings is 2. The Balaban J connectivity index is 1.87. The molecule has 0 amide bonds. The predicted molar refractivity (Wildman–Crippen MR) is 82.3 cm³/mol. The number of hydrogen-bond acceptors (Lipinski definition) is 2. The first-order valence-corrected chi connectivity index (χ1v) is 7.29. The first-order chi connectivity index (χ1) is 10.1. The van der Waals surface area contributed by atoms with Crippen LogP contribution in [0.4, 0.5) is 0 Å². The smallest absolute Gasteiger partial charge is 0.321 e. The fourth-order valence-electron chi connectivity index (χ4n) is 2.86. The molecule has 0 aromatic heterocycles. The van der Waals surface area contributed by atoms with Gasteiger partial charge in [-0.25, -0.2) is 0 Å². The number of aliphatic carboxylic acids is 1. The zero-order chi connectivity index (χ0) is 14.8. The molecule has 0 fully saturated rings. The molecule has 2 aromatic rings. The molecule has 4 heteroatoms. The summed E-state index contributed by atoms with van der Waals surface area (Å²) in [5, 5.41) is 10.2. The van der Waals surface area contributed by atoms with Gasteiger partial charge in [0.15, 0.2) is 0 Å². The van der Waals surface area contributed by atoms with Crippen LogP contribution in [0.25, 0.3) is 0 Å². The molecular weight excluding hydrogens is 286 g/mol. The lowest BCUT2D eigenvalue weighted by atomic mass is 9.93. The molecular formula is C17H16ClNO2. The van der Waals surface area contributed by atoms with Gasteiger partial charge in [-0.3, -0.25) is 9.69 Å². The molecule has 1 aliphatic heterocycles. The number of halogens is 1. The minimum absolute atomic E-state index is 0.487. The maximum Gasteiger partial charge on any atom is 0.321 e. The van der Waals surface area contributed by atoms with Crippen LogP contribution in [0.2, 0.25) is 5.02 Å². The van der Waals surface area contributed by atoms with Gasteiger partial charge in [-0.1, -0.05) is 48.0 Å². The van der Waals surface area contributed by atoms with E-state index in [1.54, 1.807) is 0 Å². The standard InChI is InChI=1S/C17H16ClNO2/c18-15-7-3-4-12(8-15)10-19-11-14-6-2-1-5-13(14)9-16(19)17(20)21/h1-8,16H,9-11H2,(H,20,21)/t16-/m1/s1. The normalized spacial score (nSPS) is 18.2. The van der Waals surface area contributed by atoms with Crippen LogP contribution in [0.15, 0.2) is 48.5 Å². The summed E-state index contributed by atoms with van der Waals surface area (Å²) in [6.07, 6.45) is 0.548. The van der Waals surface area contributed by atoms with Crippen molar-refractivity contribution in [1.29, 1.82) is 0 Å². The summed E-state index contributed by atoms with van der Waals surface area (Å²) >= 11 is 6.01. The highest BCUT2D eigenvalue weighted by atomic mass is 35.5. The van der Waals surface area contributed by atoms with Crippen molar-refractivity contribution in [2.45, 2.75) is 25.6 Å². The molecule has 1 aliphatic rings. The van der Waals surface area contributed by atoms with Gasteiger partial charge >= 0.3 is 5.97 Å². The first-order valence-electron chi connectivity index (χ1n) is 6.91. The monoisotopic (exact) mass is 301 g/mol. The first kappa shape index (κ1) is 14.1. The Morgan fingerprint density at radius 2 is 1.95 bits per heavy atom. The second kappa shape index (κ2) is 5.88. The largest absolute Gasteiger partial charge is 0.480 e. The molecule has 0 bridgehead atoms. The van der Waals surface area contributed by atoms with Crippen molar-refractivity contribution in [3.8, 4) is 0 Å². The van der Waals surface area contributed by atoms with Crippen LogP contribution >= 0.6 is 11.6 Å². The van der Waals surface area contributed by atoms with E-state index in [0.717, 1.165) is 11.1 Å². The molecule has 3 nitrogen and oxygen atoms in total. The quantitative estimate of drug-likeness (QED) is 0.945. The maximum absolute atomic E-state index is 11.6. The molecule has 0 saturated heterocycles. The number of carboxylic acid groups (broad SMARTS) is 1. The number of nitrogens with zero attached hydrogens (tertiary/aromatic N) is 1. The third-order valence-electron chi connectivity index (χ3n) is 3.91. The van der Waals surface area contributed by atoms with E-state index in [1.807, 2.05) is 47.4 Å². The summed E-state index contributed by atoms with van der Waals surface area (Å²) in [7, 11) is 0. The zero-order valence-corrected chi connectivity index (χ0v) is 12.3. The van der Waals surface area contributed by atoms with Gasteiger partial charge in [-0.05, 0) is 35.2 Å². The van der Waals surface area contributed by atoms with Crippen LogP contribution in [0.3, 0.4) is 0 Å². The van der Waals surface area contributed by atoms with Gasteiger partial charge in [0.25, 0.3) is 0 Å². The van der Waals surface area contributed by atoms with Crippen LogP contribution in [0.1, 0.15) is 16.7 Å². The number of fused-ring (bicyclic) bond motifs is 1. The van der Waals surface area contributed by atoms with Crippen LogP contribution in [-0.4, -0.2) is 22.0 Å². The van der Waals surface area contributed by atoms with Gasteiger partial charge in [0.2, 0.25) is 0 Å². The molecule has 1 atom stereocenters. The minimum Gasteiger partial charge on any atom is -0.480 e. The second-order valence-electron chi connectivity index (χ2n) is 5.36. The SMILES string of the molecule is O=C(O)[C@H]1Cc2ccccc2CN1Cc1cccc(Cl)c1. The van der Waals surface area contributed by atoms with E-state index in [0.29, 0.717) is 24.5 Å². The van der Waals surface area contributed by atoms with Gasteiger partial charge in [-0.15, -0.1) is 0 Å². The summed E-state index contributed by atoms with van der Waals surface area (Å²) in [5.74, 6) is -0.772.